The summed E-state index contributed by atoms with van der Waals surface area (Å²) in [7, 11) is 19.7. The SMILES string of the molecule is [B]C1=C(c2nc(C3CC(C)(C)OC(C)(CO)C3)ccc2NC(=O)c2ncc(C#N)[nH]2)C([B])([B])CC(C)(C)C1O. The van der Waals surface area contributed by atoms with Crippen molar-refractivity contribution in [1.82, 2.24) is 15.0 Å². The first-order valence-corrected chi connectivity index (χ1v) is 12.9. The second-order valence-corrected chi connectivity index (χ2v) is 12.4. The van der Waals surface area contributed by atoms with Gasteiger partial charge in [0.2, 0.25) is 0 Å². The number of imidazole rings is 1. The number of rotatable bonds is 5. The van der Waals surface area contributed by atoms with Crippen molar-refractivity contribution >= 4 is 40.7 Å². The average molecular weight is 523 g/mol. The maximum absolute atomic E-state index is 13.0. The van der Waals surface area contributed by atoms with E-state index in [2.05, 4.69) is 15.3 Å². The molecule has 3 atom stereocenters. The molecule has 2 aromatic heterocycles. The number of aromatic nitrogens is 3. The van der Waals surface area contributed by atoms with Gasteiger partial charge in [-0.2, -0.15) is 5.26 Å². The molecule has 0 aromatic carbocycles. The van der Waals surface area contributed by atoms with Gasteiger partial charge in [0.25, 0.3) is 5.91 Å². The molecule has 2 aromatic rings. The summed E-state index contributed by atoms with van der Waals surface area (Å²) in [6.45, 7) is 9.28. The third kappa shape index (κ3) is 5.72. The molecule has 1 fully saturated rings. The second kappa shape index (κ2) is 9.95. The standard InChI is InChI=1S/C27H32B3N5O4/c1-24(2)12-27(29,30)18(19(28)21(24)37)20-17(35-23(38)22-32-11-15(10-31)33-22)7-6-16(34-20)14-8-25(3,4)39-26(5,9-14)13-36/h6-7,11,14,21,36-37H,8-9,12-13H2,1-5H3,(H,32,33)(H,35,38). The number of carbonyl (C=O) groups is 1. The lowest BCUT2D eigenvalue weighted by molar-refractivity contribution is -0.187. The summed E-state index contributed by atoms with van der Waals surface area (Å²) in [5.41, 5.74) is -0.369. The van der Waals surface area contributed by atoms with Gasteiger partial charge in [0.1, 0.15) is 19.6 Å². The van der Waals surface area contributed by atoms with Crippen molar-refractivity contribution in [3.05, 3.63) is 46.7 Å². The molecule has 1 aliphatic carbocycles. The largest absolute Gasteiger partial charge is 0.393 e. The van der Waals surface area contributed by atoms with Gasteiger partial charge in [-0.1, -0.05) is 31.0 Å². The number of aromatic amines is 1. The number of aliphatic hydroxyl groups excluding tert-OH is 2. The van der Waals surface area contributed by atoms with Crippen LogP contribution < -0.4 is 5.32 Å². The fourth-order valence-electron chi connectivity index (χ4n) is 6.03. The first-order chi connectivity index (χ1) is 18.0. The van der Waals surface area contributed by atoms with Crippen LogP contribution >= 0.6 is 0 Å². The topological polar surface area (TPSA) is 144 Å². The van der Waals surface area contributed by atoms with E-state index in [9.17, 15) is 15.0 Å². The molecule has 2 aliphatic rings. The van der Waals surface area contributed by atoms with Gasteiger partial charge in [-0.15, -0.1) is 0 Å². The summed E-state index contributed by atoms with van der Waals surface area (Å²) in [5.74, 6) is -0.776. The summed E-state index contributed by atoms with van der Waals surface area (Å²) in [6, 6.07) is 5.37. The fourth-order valence-corrected chi connectivity index (χ4v) is 6.03. The minimum Gasteiger partial charge on any atom is -0.393 e. The Labute approximate surface area is 233 Å². The molecule has 6 radical (unpaired) electrons. The van der Waals surface area contributed by atoms with Crippen LogP contribution in [0.2, 0.25) is 5.21 Å². The van der Waals surface area contributed by atoms with Gasteiger partial charge in [0.05, 0.1) is 57.2 Å². The van der Waals surface area contributed by atoms with Gasteiger partial charge in [0, 0.05) is 11.6 Å². The summed E-state index contributed by atoms with van der Waals surface area (Å²) in [5, 5.41) is 31.5. The van der Waals surface area contributed by atoms with Crippen molar-refractivity contribution in [2.75, 3.05) is 11.9 Å². The molecular formula is C27H32B3N5O4. The number of nitrogens with zero attached hydrogens (tertiary/aromatic N) is 3. The number of amides is 1. The van der Waals surface area contributed by atoms with Crippen molar-refractivity contribution in [1.29, 1.82) is 5.26 Å². The Morgan fingerprint density at radius 1 is 1.26 bits per heavy atom. The van der Waals surface area contributed by atoms with Crippen LogP contribution in [-0.4, -0.2) is 78.5 Å². The minimum absolute atomic E-state index is 0.0648. The smallest absolute Gasteiger partial charge is 0.291 e. The Morgan fingerprint density at radius 2 is 1.95 bits per heavy atom. The molecule has 1 saturated heterocycles. The number of carbonyl (C=O) groups excluding carboxylic acids is 1. The number of ether oxygens (including phenoxy) is 1. The molecule has 9 nitrogen and oxygen atoms in total. The molecule has 12 heteroatoms. The van der Waals surface area contributed by atoms with Gasteiger partial charge >= 0.3 is 0 Å². The van der Waals surface area contributed by atoms with E-state index in [1.165, 1.54) is 6.20 Å². The van der Waals surface area contributed by atoms with Crippen LogP contribution in [0.15, 0.2) is 23.8 Å². The number of hydrogen-bond donors (Lipinski definition) is 4. The zero-order valence-electron chi connectivity index (χ0n) is 23.0. The van der Waals surface area contributed by atoms with E-state index in [-0.39, 0.29) is 52.9 Å². The van der Waals surface area contributed by atoms with E-state index in [0.717, 1.165) is 0 Å². The van der Waals surface area contributed by atoms with Crippen LogP contribution in [0.25, 0.3) is 5.57 Å². The summed E-state index contributed by atoms with van der Waals surface area (Å²) >= 11 is 0. The number of allylic oxidation sites excluding steroid dienone is 1. The molecular weight excluding hydrogens is 491 g/mol. The first kappa shape index (κ1) is 29.1. The Morgan fingerprint density at radius 3 is 2.56 bits per heavy atom. The lowest BCUT2D eigenvalue weighted by Gasteiger charge is -2.48. The van der Waals surface area contributed by atoms with Crippen molar-refractivity contribution < 1.29 is 19.7 Å². The maximum Gasteiger partial charge on any atom is 0.291 e. The maximum atomic E-state index is 13.0. The van der Waals surface area contributed by atoms with Gasteiger partial charge in [-0.25, -0.2) is 4.98 Å². The zero-order chi connectivity index (χ0) is 29.0. The Kier molecular flexibility index (Phi) is 7.43. The number of hydrogen-bond acceptors (Lipinski definition) is 7. The van der Waals surface area contributed by atoms with E-state index in [1.807, 2.05) is 40.7 Å². The Hall–Kier alpha value is -2.87. The highest BCUT2D eigenvalue weighted by Gasteiger charge is 2.45. The first-order valence-electron chi connectivity index (χ1n) is 12.9. The molecule has 0 saturated carbocycles. The van der Waals surface area contributed by atoms with Gasteiger partial charge in [-0.05, 0) is 56.7 Å². The van der Waals surface area contributed by atoms with E-state index in [1.54, 1.807) is 12.1 Å². The lowest BCUT2D eigenvalue weighted by Crippen LogP contribution is -2.48. The molecule has 4 rings (SSSR count). The van der Waals surface area contributed by atoms with Crippen LogP contribution in [0.3, 0.4) is 0 Å². The average Bonchev–Trinajstić information content (AvgIpc) is 3.31. The summed E-state index contributed by atoms with van der Waals surface area (Å²) < 4.78 is 6.16. The summed E-state index contributed by atoms with van der Waals surface area (Å²) in [6.07, 6.45) is 1.55. The zero-order valence-corrected chi connectivity index (χ0v) is 23.0. The molecule has 198 valence electrons. The van der Waals surface area contributed by atoms with Crippen LogP contribution in [0.5, 0.6) is 0 Å². The Bertz CT molecular complexity index is 1360. The predicted molar refractivity (Wildman–Crippen MR) is 149 cm³/mol. The van der Waals surface area contributed by atoms with Crippen LogP contribution in [-0.2, 0) is 4.74 Å². The number of H-pyrrole nitrogens is 1. The Balaban J connectivity index is 1.85. The third-order valence-corrected chi connectivity index (χ3v) is 7.54. The third-order valence-electron chi connectivity index (χ3n) is 7.54. The monoisotopic (exact) mass is 523 g/mol. The van der Waals surface area contributed by atoms with Crippen molar-refractivity contribution in [2.45, 2.75) is 82.3 Å². The molecule has 0 bridgehead atoms. The normalized spacial score (nSPS) is 27.5. The molecule has 1 aliphatic heterocycles. The quantitative estimate of drug-likeness (QED) is 0.441. The predicted octanol–water partition coefficient (Wildman–Crippen LogP) is 2.48. The van der Waals surface area contributed by atoms with E-state index in [4.69, 9.17) is 38.5 Å². The van der Waals surface area contributed by atoms with Crippen molar-refractivity contribution in [2.24, 2.45) is 5.41 Å². The minimum atomic E-state index is -1.47. The van der Waals surface area contributed by atoms with Crippen LogP contribution in [0, 0.1) is 16.7 Å². The van der Waals surface area contributed by atoms with E-state index in [0.29, 0.717) is 18.5 Å². The lowest BCUT2D eigenvalue weighted by atomic mass is 9.40. The number of pyridine rings is 1. The van der Waals surface area contributed by atoms with Crippen molar-refractivity contribution in [3.63, 3.8) is 0 Å². The van der Waals surface area contributed by atoms with Gasteiger partial charge in [0.15, 0.2) is 5.82 Å². The van der Waals surface area contributed by atoms with Crippen molar-refractivity contribution in [3.8, 4) is 6.07 Å². The number of nitriles is 1. The highest BCUT2D eigenvalue weighted by atomic mass is 16.5. The number of aliphatic hydroxyl groups is 2. The molecule has 0 spiro atoms. The second-order valence-electron chi connectivity index (χ2n) is 12.4. The van der Waals surface area contributed by atoms with E-state index < -0.39 is 33.8 Å². The molecule has 1 amide bonds. The molecule has 39 heavy (non-hydrogen) atoms. The van der Waals surface area contributed by atoms with Crippen LogP contribution in [0.4, 0.5) is 5.69 Å². The fraction of sp³-hybridized carbons (Fsp3) is 0.556. The highest BCUT2D eigenvalue weighted by Crippen LogP contribution is 2.54. The number of anilines is 1. The highest BCUT2D eigenvalue weighted by molar-refractivity contribution is 6.48. The molecule has 4 N–H and O–H groups in total. The number of nitrogens with one attached hydrogen (secondary N) is 2. The molecule has 3 heterocycles. The van der Waals surface area contributed by atoms with Gasteiger partial charge in [-0.3, -0.25) is 9.78 Å². The van der Waals surface area contributed by atoms with Crippen LogP contribution in [0.1, 0.15) is 87.5 Å². The van der Waals surface area contributed by atoms with E-state index >= 15 is 0 Å². The molecule has 3 unspecified atom stereocenters. The summed E-state index contributed by atoms with van der Waals surface area (Å²) in [4.78, 5) is 24.6. The van der Waals surface area contributed by atoms with Gasteiger partial charge < -0.3 is 25.3 Å².